The topological polar surface area (TPSA) is 57.8 Å². The molecule has 24 heavy (non-hydrogen) atoms. The van der Waals surface area contributed by atoms with Crippen molar-refractivity contribution in [2.24, 2.45) is 0 Å². The summed E-state index contributed by atoms with van der Waals surface area (Å²) in [4.78, 5) is 21.0. The number of H-pyrrole nitrogens is 1. The number of anilines is 1. The molecule has 0 amide bonds. The molecule has 0 bridgehead atoms. The van der Waals surface area contributed by atoms with E-state index < -0.39 is 0 Å². The van der Waals surface area contributed by atoms with Gasteiger partial charge < -0.3 is 5.32 Å². The molecule has 0 unspecified atom stereocenters. The Bertz CT molecular complexity index is 905. The van der Waals surface area contributed by atoms with E-state index in [2.05, 4.69) is 46.5 Å². The van der Waals surface area contributed by atoms with Crippen LogP contribution >= 0.6 is 11.3 Å². The fraction of sp³-hybridized carbons (Fsp3) is 0.368. The van der Waals surface area contributed by atoms with Gasteiger partial charge in [-0.1, -0.05) is 49.1 Å². The van der Waals surface area contributed by atoms with Crippen molar-refractivity contribution in [2.45, 2.75) is 45.1 Å². The van der Waals surface area contributed by atoms with E-state index >= 15 is 0 Å². The Kier molecular flexibility index (Phi) is 4.10. The van der Waals surface area contributed by atoms with Crippen molar-refractivity contribution >= 4 is 27.5 Å². The minimum Gasteiger partial charge on any atom is -0.353 e. The van der Waals surface area contributed by atoms with Crippen molar-refractivity contribution < 1.29 is 0 Å². The lowest BCUT2D eigenvalue weighted by Crippen LogP contribution is -2.25. The second kappa shape index (κ2) is 6.40. The maximum Gasteiger partial charge on any atom is 0.270 e. The maximum atomic E-state index is 12.4. The third kappa shape index (κ3) is 3.08. The number of aromatic nitrogens is 2. The highest BCUT2D eigenvalue weighted by Crippen LogP contribution is 2.31. The van der Waals surface area contributed by atoms with Gasteiger partial charge in [0.2, 0.25) is 5.95 Å². The van der Waals surface area contributed by atoms with Crippen molar-refractivity contribution in [3.63, 3.8) is 0 Å². The number of nitrogens with one attached hydrogen (secondary N) is 2. The first-order chi connectivity index (χ1) is 11.7. The predicted octanol–water partition coefficient (Wildman–Crippen LogP) is 4.70. The SMILES string of the molecule is Cc1ccc(-c2cc3nc(NC4CCCCC4)[nH]c(=O)c3s2)cc1. The Morgan fingerprint density at radius 3 is 2.67 bits per heavy atom. The number of fused-ring (bicyclic) bond motifs is 1. The summed E-state index contributed by atoms with van der Waals surface area (Å²) >= 11 is 1.50. The number of nitrogens with zero attached hydrogens (tertiary/aromatic N) is 1. The molecule has 2 heterocycles. The third-order valence-corrected chi connectivity index (χ3v) is 5.84. The predicted molar refractivity (Wildman–Crippen MR) is 101 cm³/mol. The minimum atomic E-state index is -0.0540. The van der Waals surface area contributed by atoms with Gasteiger partial charge >= 0.3 is 0 Å². The Morgan fingerprint density at radius 1 is 1.17 bits per heavy atom. The normalized spacial score (nSPS) is 15.7. The summed E-state index contributed by atoms with van der Waals surface area (Å²) in [6, 6.07) is 10.8. The van der Waals surface area contributed by atoms with Crippen LogP contribution in [0.4, 0.5) is 5.95 Å². The van der Waals surface area contributed by atoms with Crippen LogP contribution < -0.4 is 10.9 Å². The molecule has 0 atom stereocenters. The molecule has 4 nitrogen and oxygen atoms in total. The van der Waals surface area contributed by atoms with Gasteiger partial charge in [0.15, 0.2) is 0 Å². The van der Waals surface area contributed by atoms with Gasteiger partial charge in [0.1, 0.15) is 4.70 Å². The van der Waals surface area contributed by atoms with Crippen molar-refractivity contribution in [1.29, 1.82) is 0 Å². The van der Waals surface area contributed by atoms with Crippen LogP contribution in [0.3, 0.4) is 0 Å². The lowest BCUT2D eigenvalue weighted by Gasteiger charge is -2.22. The van der Waals surface area contributed by atoms with Crippen LogP contribution in [0, 0.1) is 6.92 Å². The van der Waals surface area contributed by atoms with Crippen LogP contribution in [-0.2, 0) is 0 Å². The average molecular weight is 339 g/mol. The van der Waals surface area contributed by atoms with E-state index in [9.17, 15) is 4.79 Å². The molecule has 0 radical (unpaired) electrons. The van der Waals surface area contributed by atoms with Gasteiger partial charge in [-0.05, 0) is 31.4 Å². The van der Waals surface area contributed by atoms with E-state index in [0.717, 1.165) is 28.8 Å². The highest BCUT2D eigenvalue weighted by Gasteiger charge is 2.15. The summed E-state index contributed by atoms with van der Waals surface area (Å²) < 4.78 is 0.694. The van der Waals surface area contributed by atoms with Crippen molar-refractivity contribution in [3.05, 3.63) is 46.2 Å². The largest absolute Gasteiger partial charge is 0.353 e. The average Bonchev–Trinajstić information content (AvgIpc) is 3.01. The first-order valence-corrected chi connectivity index (χ1v) is 9.38. The molecule has 1 aromatic carbocycles. The van der Waals surface area contributed by atoms with Gasteiger partial charge in [0.05, 0.1) is 5.52 Å². The van der Waals surface area contributed by atoms with E-state index in [1.165, 1.54) is 36.2 Å². The molecule has 124 valence electrons. The quantitative estimate of drug-likeness (QED) is 0.727. The molecule has 1 saturated carbocycles. The standard InChI is InChI=1S/C19H21N3OS/c1-12-7-9-13(10-8-12)16-11-15-17(24-16)18(23)22-19(21-15)20-14-5-3-2-4-6-14/h7-11,14H,2-6H2,1H3,(H2,20,21,22,23). The lowest BCUT2D eigenvalue weighted by molar-refractivity contribution is 0.461. The molecule has 2 N–H and O–H groups in total. The second-order valence-electron chi connectivity index (χ2n) is 6.58. The van der Waals surface area contributed by atoms with Crippen LogP contribution in [0.5, 0.6) is 0 Å². The van der Waals surface area contributed by atoms with E-state index in [4.69, 9.17) is 0 Å². The van der Waals surface area contributed by atoms with Crippen LogP contribution in [0.25, 0.3) is 20.7 Å². The molecule has 0 saturated heterocycles. The van der Waals surface area contributed by atoms with Gasteiger partial charge in [-0.25, -0.2) is 4.98 Å². The second-order valence-corrected chi connectivity index (χ2v) is 7.64. The molecular weight excluding hydrogens is 318 g/mol. The van der Waals surface area contributed by atoms with Crippen molar-refractivity contribution in [3.8, 4) is 10.4 Å². The number of benzene rings is 1. The molecule has 3 aromatic rings. The fourth-order valence-electron chi connectivity index (χ4n) is 3.31. The molecule has 1 aliphatic carbocycles. The van der Waals surface area contributed by atoms with Crippen LogP contribution in [0.1, 0.15) is 37.7 Å². The molecule has 5 heteroatoms. The summed E-state index contributed by atoms with van der Waals surface area (Å²) in [6.45, 7) is 2.07. The zero-order chi connectivity index (χ0) is 16.5. The monoisotopic (exact) mass is 339 g/mol. The summed E-state index contributed by atoms with van der Waals surface area (Å²) in [7, 11) is 0. The summed E-state index contributed by atoms with van der Waals surface area (Å²) in [5.74, 6) is 0.604. The van der Waals surface area contributed by atoms with Crippen molar-refractivity contribution in [1.82, 2.24) is 9.97 Å². The molecule has 0 aliphatic heterocycles. The van der Waals surface area contributed by atoms with Crippen LogP contribution in [0.15, 0.2) is 35.1 Å². The van der Waals surface area contributed by atoms with E-state index in [-0.39, 0.29) is 5.56 Å². The zero-order valence-electron chi connectivity index (χ0n) is 13.8. The van der Waals surface area contributed by atoms with Gasteiger partial charge in [-0.3, -0.25) is 9.78 Å². The number of thiophene rings is 1. The number of aromatic amines is 1. The number of aryl methyl sites for hydroxylation is 1. The van der Waals surface area contributed by atoms with Crippen molar-refractivity contribution in [2.75, 3.05) is 5.32 Å². The number of rotatable bonds is 3. The molecule has 1 aliphatic rings. The third-order valence-electron chi connectivity index (χ3n) is 4.66. The first-order valence-electron chi connectivity index (χ1n) is 8.56. The molecule has 0 spiro atoms. The van der Waals surface area contributed by atoms with Gasteiger partial charge in [-0.2, -0.15) is 0 Å². The molecule has 2 aromatic heterocycles. The Balaban J connectivity index is 1.67. The Hall–Kier alpha value is -2.14. The van der Waals surface area contributed by atoms with Crippen LogP contribution in [-0.4, -0.2) is 16.0 Å². The Morgan fingerprint density at radius 2 is 1.92 bits per heavy atom. The molecular formula is C19H21N3OS. The number of hydrogen-bond acceptors (Lipinski definition) is 4. The first kappa shape index (κ1) is 15.4. The number of hydrogen-bond donors (Lipinski definition) is 2. The zero-order valence-corrected chi connectivity index (χ0v) is 14.6. The summed E-state index contributed by atoms with van der Waals surface area (Å²) in [6.07, 6.45) is 6.12. The minimum absolute atomic E-state index is 0.0540. The van der Waals surface area contributed by atoms with Gasteiger partial charge in [0.25, 0.3) is 5.56 Å². The van der Waals surface area contributed by atoms with Crippen LogP contribution in [0.2, 0.25) is 0 Å². The van der Waals surface area contributed by atoms with E-state index in [1.807, 2.05) is 6.07 Å². The summed E-state index contributed by atoms with van der Waals surface area (Å²) in [5, 5.41) is 3.41. The van der Waals surface area contributed by atoms with E-state index in [0.29, 0.717) is 16.7 Å². The maximum absolute atomic E-state index is 12.4. The fourth-order valence-corrected chi connectivity index (χ4v) is 4.31. The van der Waals surface area contributed by atoms with Gasteiger partial charge in [0, 0.05) is 10.9 Å². The summed E-state index contributed by atoms with van der Waals surface area (Å²) in [5.41, 5.74) is 3.08. The van der Waals surface area contributed by atoms with E-state index in [1.54, 1.807) is 0 Å². The smallest absolute Gasteiger partial charge is 0.270 e. The molecule has 4 rings (SSSR count). The highest BCUT2D eigenvalue weighted by molar-refractivity contribution is 7.22. The van der Waals surface area contributed by atoms with Gasteiger partial charge in [-0.15, -0.1) is 11.3 Å². The highest BCUT2D eigenvalue weighted by atomic mass is 32.1. The lowest BCUT2D eigenvalue weighted by atomic mass is 9.96. The Labute approximate surface area is 145 Å². The molecule has 1 fully saturated rings.